The van der Waals surface area contributed by atoms with E-state index >= 15 is 0 Å². The van der Waals surface area contributed by atoms with Gasteiger partial charge in [-0.15, -0.1) is 0 Å². The molecule has 0 spiro atoms. The molecule has 0 radical (unpaired) electrons. The average Bonchev–Trinajstić information content (AvgIpc) is 2.75. The van der Waals surface area contributed by atoms with Crippen LogP contribution in [0.1, 0.15) is 18.4 Å². The van der Waals surface area contributed by atoms with Gasteiger partial charge in [-0.25, -0.2) is 4.79 Å². The van der Waals surface area contributed by atoms with Crippen LogP contribution < -0.4 is 10.1 Å². The van der Waals surface area contributed by atoms with Crippen molar-refractivity contribution in [3.63, 3.8) is 0 Å². The van der Waals surface area contributed by atoms with Crippen molar-refractivity contribution < 1.29 is 27.4 Å². The number of carbonyl (C=O) groups is 1. The van der Waals surface area contributed by atoms with Crippen LogP contribution in [0.3, 0.4) is 0 Å². The maximum Gasteiger partial charge on any atom is 0.426 e. The third-order valence-electron chi connectivity index (χ3n) is 5.39. The molecule has 0 aliphatic carbocycles. The number of nitrogens with zero attached hydrogens (tertiary/aromatic N) is 1. The molecule has 2 aromatic carbocycles. The lowest BCUT2D eigenvalue weighted by Crippen LogP contribution is -2.47. The molecule has 1 aliphatic heterocycles. The van der Waals surface area contributed by atoms with Gasteiger partial charge in [0.15, 0.2) is 0 Å². The van der Waals surface area contributed by atoms with Crippen molar-refractivity contribution in [1.82, 2.24) is 4.90 Å². The van der Waals surface area contributed by atoms with Gasteiger partial charge in [-0.3, -0.25) is 10.2 Å². The van der Waals surface area contributed by atoms with Gasteiger partial charge >= 0.3 is 12.3 Å². The zero-order chi connectivity index (χ0) is 23.1. The Morgan fingerprint density at radius 3 is 2.69 bits per heavy atom. The Morgan fingerprint density at radius 2 is 2.00 bits per heavy atom. The minimum Gasteiger partial charge on any atom is -0.497 e. The maximum atomic E-state index is 13.6. The van der Waals surface area contributed by atoms with Crippen molar-refractivity contribution in [2.24, 2.45) is 5.92 Å². The average molecular weight is 471 g/mol. The van der Waals surface area contributed by atoms with Crippen LogP contribution in [0.5, 0.6) is 5.75 Å². The minimum absolute atomic E-state index is 0.215. The first-order valence-electron chi connectivity index (χ1n) is 10.4. The lowest BCUT2D eigenvalue weighted by Gasteiger charge is -2.35. The Morgan fingerprint density at radius 1 is 1.25 bits per heavy atom. The largest absolute Gasteiger partial charge is 0.497 e. The van der Waals surface area contributed by atoms with Crippen LogP contribution in [0.25, 0.3) is 0 Å². The van der Waals surface area contributed by atoms with Crippen LogP contribution in [0.15, 0.2) is 48.5 Å². The molecule has 1 amide bonds. The van der Waals surface area contributed by atoms with Crippen LogP contribution in [-0.2, 0) is 11.2 Å². The molecule has 5 nitrogen and oxygen atoms in total. The second-order valence-electron chi connectivity index (χ2n) is 7.89. The van der Waals surface area contributed by atoms with E-state index in [0.29, 0.717) is 23.8 Å². The predicted molar refractivity (Wildman–Crippen MR) is 117 cm³/mol. The van der Waals surface area contributed by atoms with Crippen LogP contribution >= 0.6 is 11.6 Å². The van der Waals surface area contributed by atoms with Crippen molar-refractivity contribution >= 4 is 23.4 Å². The summed E-state index contributed by atoms with van der Waals surface area (Å²) in [5.41, 5.74) is 1.39. The molecule has 1 saturated heterocycles. The van der Waals surface area contributed by atoms with Crippen LogP contribution in [-0.4, -0.2) is 50.0 Å². The van der Waals surface area contributed by atoms with E-state index in [1.165, 1.54) is 24.3 Å². The number of amides is 1. The minimum atomic E-state index is -4.67. The lowest BCUT2D eigenvalue weighted by molar-refractivity contribution is -0.207. The molecule has 1 aliphatic rings. The quantitative estimate of drug-likeness (QED) is 0.557. The van der Waals surface area contributed by atoms with E-state index < -0.39 is 24.9 Å². The second-order valence-corrected chi connectivity index (χ2v) is 8.33. The highest BCUT2D eigenvalue weighted by Gasteiger charge is 2.44. The number of piperidine rings is 1. The van der Waals surface area contributed by atoms with E-state index in [-0.39, 0.29) is 5.92 Å². The number of hydrogen-bond acceptors (Lipinski definition) is 4. The van der Waals surface area contributed by atoms with Gasteiger partial charge in [0.25, 0.3) is 0 Å². The number of nitrogens with one attached hydrogen (secondary N) is 1. The van der Waals surface area contributed by atoms with E-state index in [0.717, 1.165) is 30.6 Å². The van der Waals surface area contributed by atoms with E-state index in [1.807, 2.05) is 24.3 Å². The number of ether oxygens (including phenoxy) is 2. The van der Waals surface area contributed by atoms with E-state index in [4.69, 9.17) is 21.1 Å². The molecule has 9 heteroatoms. The molecule has 0 saturated carbocycles. The molecule has 2 aromatic rings. The van der Waals surface area contributed by atoms with Gasteiger partial charge in [0.2, 0.25) is 6.10 Å². The van der Waals surface area contributed by atoms with Crippen molar-refractivity contribution in [2.75, 3.05) is 32.1 Å². The number of carbonyl (C=O) groups excluding carboxylic acids is 1. The SMILES string of the molecule is COc1cccc(C[C@@H]2CCCN(CC(OC(=O)Nc3ccc(Cl)cc3)C(F)(F)F)C2)c1. The molecule has 1 N–H and O–H groups in total. The summed E-state index contributed by atoms with van der Waals surface area (Å²) in [7, 11) is 1.60. The van der Waals surface area contributed by atoms with Gasteiger partial charge in [-0.1, -0.05) is 23.7 Å². The topological polar surface area (TPSA) is 50.8 Å². The van der Waals surface area contributed by atoms with Crippen molar-refractivity contribution in [2.45, 2.75) is 31.5 Å². The second kappa shape index (κ2) is 10.9. The number of rotatable bonds is 7. The molecule has 32 heavy (non-hydrogen) atoms. The first-order chi connectivity index (χ1) is 15.2. The highest BCUT2D eigenvalue weighted by molar-refractivity contribution is 6.30. The number of benzene rings is 2. The van der Waals surface area contributed by atoms with Gasteiger partial charge in [0.1, 0.15) is 5.75 Å². The maximum absolute atomic E-state index is 13.6. The zero-order valence-electron chi connectivity index (χ0n) is 17.7. The Kier molecular flexibility index (Phi) is 8.26. The summed E-state index contributed by atoms with van der Waals surface area (Å²) in [5, 5.41) is 2.76. The molecule has 1 heterocycles. The highest BCUT2D eigenvalue weighted by Crippen LogP contribution is 2.28. The Hall–Kier alpha value is -2.45. The Bertz CT molecular complexity index is 893. The smallest absolute Gasteiger partial charge is 0.426 e. The summed E-state index contributed by atoms with van der Waals surface area (Å²) in [6.07, 6.45) is -5.57. The Balaban J connectivity index is 1.58. The van der Waals surface area contributed by atoms with Gasteiger partial charge in [-0.05, 0) is 73.7 Å². The normalized spacial score (nSPS) is 18.1. The van der Waals surface area contributed by atoms with Crippen LogP contribution in [0, 0.1) is 5.92 Å². The monoisotopic (exact) mass is 470 g/mol. The third-order valence-corrected chi connectivity index (χ3v) is 5.64. The summed E-state index contributed by atoms with van der Waals surface area (Å²) < 4.78 is 50.8. The molecule has 174 valence electrons. The number of hydrogen-bond donors (Lipinski definition) is 1. The predicted octanol–water partition coefficient (Wildman–Crippen LogP) is 5.78. The van der Waals surface area contributed by atoms with E-state index in [9.17, 15) is 18.0 Å². The third kappa shape index (κ3) is 7.31. The molecule has 1 fully saturated rings. The summed E-state index contributed by atoms with van der Waals surface area (Å²) in [6, 6.07) is 13.7. The number of halogens is 4. The van der Waals surface area contributed by atoms with Crippen LogP contribution in [0.2, 0.25) is 5.02 Å². The number of alkyl halides is 3. The summed E-state index contributed by atoms with van der Waals surface area (Å²) in [4.78, 5) is 13.8. The zero-order valence-corrected chi connectivity index (χ0v) is 18.5. The summed E-state index contributed by atoms with van der Waals surface area (Å²) >= 11 is 5.77. The van der Waals surface area contributed by atoms with Gasteiger partial charge in [0.05, 0.1) is 7.11 Å². The molecule has 1 unspecified atom stereocenters. The fourth-order valence-corrected chi connectivity index (χ4v) is 3.99. The van der Waals surface area contributed by atoms with Crippen LogP contribution in [0.4, 0.5) is 23.7 Å². The van der Waals surface area contributed by atoms with E-state index in [2.05, 4.69) is 5.32 Å². The van der Waals surface area contributed by atoms with Crippen molar-refractivity contribution in [3.8, 4) is 5.75 Å². The molecule has 0 aromatic heterocycles. The van der Waals surface area contributed by atoms with Crippen molar-refractivity contribution in [1.29, 1.82) is 0 Å². The lowest BCUT2D eigenvalue weighted by atomic mass is 9.91. The summed E-state index contributed by atoms with van der Waals surface area (Å²) in [5.74, 6) is 0.972. The molecular weight excluding hydrogens is 445 g/mol. The van der Waals surface area contributed by atoms with Gasteiger partial charge in [-0.2, -0.15) is 13.2 Å². The van der Waals surface area contributed by atoms with Gasteiger partial charge < -0.3 is 9.47 Å². The fraction of sp³-hybridized carbons (Fsp3) is 0.435. The standard InChI is InChI=1S/C23H26ClF3N2O3/c1-31-20-6-2-4-16(13-20)12-17-5-3-11-29(14-17)15-21(23(25,26)27)32-22(30)28-19-9-7-18(24)8-10-19/h2,4,6-10,13,17,21H,3,5,11-12,14-15H2,1H3,(H,28,30)/t17-,21?/m0/s1. The number of methoxy groups -OCH3 is 1. The molecule has 0 bridgehead atoms. The molecular formula is C23H26ClF3N2O3. The Labute approximate surface area is 190 Å². The number of anilines is 1. The number of likely N-dealkylation sites (tertiary alicyclic amines) is 1. The first kappa shape index (κ1) is 24.2. The van der Waals surface area contributed by atoms with Gasteiger partial charge in [0, 0.05) is 23.8 Å². The fourth-order valence-electron chi connectivity index (χ4n) is 3.87. The first-order valence-corrected chi connectivity index (χ1v) is 10.8. The van der Waals surface area contributed by atoms with Crippen molar-refractivity contribution in [3.05, 3.63) is 59.1 Å². The molecule has 3 rings (SSSR count). The molecule has 2 atom stereocenters. The summed E-state index contributed by atoms with van der Waals surface area (Å²) in [6.45, 7) is 0.640. The highest BCUT2D eigenvalue weighted by atomic mass is 35.5. The van der Waals surface area contributed by atoms with E-state index in [1.54, 1.807) is 12.0 Å².